The Morgan fingerprint density at radius 1 is 0.900 bits per heavy atom. The lowest BCUT2D eigenvalue weighted by Crippen LogP contribution is -2.28. The van der Waals surface area contributed by atoms with Crippen LogP contribution in [0.25, 0.3) is 5.57 Å². The van der Waals surface area contributed by atoms with E-state index < -0.39 is 0 Å². The van der Waals surface area contributed by atoms with Gasteiger partial charge in [-0.25, -0.2) is 0 Å². The van der Waals surface area contributed by atoms with Gasteiger partial charge in [-0.05, 0) is 36.6 Å². The Morgan fingerprint density at radius 2 is 1.50 bits per heavy atom. The van der Waals surface area contributed by atoms with Gasteiger partial charge < -0.3 is 4.74 Å². The normalized spacial score (nSPS) is 21.3. The van der Waals surface area contributed by atoms with Gasteiger partial charge in [0.25, 0.3) is 0 Å². The van der Waals surface area contributed by atoms with E-state index in [0.717, 1.165) is 6.42 Å². The number of hydrogen-bond acceptors (Lipinski definition) is 1. The zero-order valence-corrected chi connectivity index (χ0v) is 12.0. The molecule has 1 atom stereocenters. The first kappa shape index (κ1) is 13.1. The smallest absolute Gasteiger partial charge is 0.0876 e. The van der Waals surface area contributed by atoms with Gasteiger partial charge in [0.15, 0.2) is 0 Å². The largest absolute Gasteiger partial charge is 0.363 e. The van der Waals surface area contributed by atoms with Gasteiger partial charge in [-0.3, -0.25) is 0 Å². The van der Waals surface area contributed by atoms with E-state index in [2.05, 4.69) is 74.5 Å². The molecule has 20 heavy (non-hydrogen) atoms. The number of hydrogen-bond donors (Lipinski definition) is 0. The molecule has 102 valence electrons. The first-order chi connectivity index (χ1) is 9.64. The summed E-state index contributed by atoms with van der Waals surface area (Å²) in [5, 5.41) is 0. The summed E-state index contributed by atoms with van der Waals surface area (Å²) in [5.74, 6) is 0. The van der Waals surface area contributed by atoms with Gasteiger partial charge in [0, 0.05) is 6.42 Å². The predicted octanol–water partition coefficient (Wildman–Crippen LogP) is 5.01. The van der Waals surface area contributed by atoms with Crippen molar-refractivity contribution in [1.29, 1.82) is 0 Å². The van der Waals surface area contributed by atoms with Gasteiger partial charge in [-0.15, -0.1) is 0 Å². The van der Waals surface area contributed by atoms with E-state index in [1.165, 1.54) is 16.7 Å². The molecule has 0 spiro atoms. The van der Waals surface area contributed by atoms with Crippen LogP contribution in [0.3, 0.4) is 0 Å². The maximum absolute atomic E-state index is 6.24. The second-order valence-corrected chi connectivity index (χ2v) is 5.86. The zero-order valence-electron chi connectivity index (χ0n) is 12.0. The van der Waals surface area contributed by atoms with Crippen molar-refractivity contribution in [3.63, 3.8) is 0 Å². The van der Waals surface area contributed by atoms with E-state index in [4.69, 9.17) is 4.74 Å². The van der Waals surface area contributed by atoms with Gasteiger partial charge in [-0.1, -0.05) is 60.7 Å². The van der Waals surface area contributed by atoms with Gasteiger partial charge in [0.05, 0.1) is 11.7 Å². The number of benzene rings is 2. The van der Waals surface area contributed by atoms with Crippen LogP contribution >= 0.6 is 0 Å². The average molecular weight is 264 g/mol. The third kappa shape index (κ3) is 2.83. The van der Waals surface area contributed by atoms with E-state index in [1.54, 1.807) is 0 Å². The monoisotopic (exact) mass is 264 g/mol. The summed E-state index contributed by atoms with van der Waals surface area (Å²) in [4.78, 5) is 0. The van der Waals surface area contributed by atoms with Gasteiger partial charge in [-0.2, -0.15) is 0 Å². The molecule has 3 rings (SSSR count). The Kier molecular flexibility index (Phi) is 3.45. The summed E-state index contributed by atoms with van der Waals surface area (Å²) in [6.07, 6.45) is 3.31. The van der Waals surface area contributed by atoms with Crippen molar-refractivity contribution in [2.45, 2.75) is 32.0 Å². The van der Waals surface area contributed by atoms with E-state index in [0.29, 0.717) is 0 Å². The fraction of sp³-hybridized carbons (Fsp3) is 0.263. The predicted molar refractivity (Wildman–Crippen MR) is 83.4 cm³/mol. The number of rotatable bonds is 2. The van der Waals surface area contributed by atoms with Crippen molar-refractivity contribution in [3.8, 4) is 0 Å². The van der Waals surface area contributed by atoms with Crippen LogP contribution in [0.1, 0.15) is 37.5 Å². The summed E-state index contributed by atoms with van der Waals surface area (Å²) in [5.41, 5.74) is 3.69. The Hall–Kier alpha value is -1.86. The quantitative estimate of drug-likeness (QED) is 0.740. The Morgan fingerprint density at radius 3 is 2.15 bits per heavy atom. The SMILES string of the molecule is CC1(C)C=C(c2ccccc2)CC(c2ccccc2)O1. The van der Waals surface area contributed by atoms with E-state index in [1.807, 2.05) is 6.07 Å². The Balaban J connectivity index is 1.94. The first-order valence-corrected chi connectivity index (χ1v) is 7.14. The highest BCUT2D eigenvalue weighted by Crippen LogP contribution is 2.39. The molecular formula is C19H20O. The molecule has 0 aromatic heterocycles. The summed E-state index contributed by atoms with van der Waals surface area (Å²) in [7, 11) is 0. The second kappa shape index (κ2) is 5.26. The molecule has 0 bridgehead atoms. The molecule has 2 aromatic carbocycles. The van der Waals surface area contributed by atoms with Crippen LogP contribution < -0.4 is 0 Å². The summed E-state index contributed by atoms with van der Waals surface area (Å²) >= 11 is 0. The first-order valence-electron chi connectivity index (χ1n) is 7.14. The minimum absolute atomic E-state index is 0.131. The van der Waals surface area contributed by atoms with Crippen molar-refractivity contribution in [1.82, 2.24) is 0 Å². The average Bonchev–Trinajstić information content (AvgIpc) is 2.47. The Labute approximate surface area is 120 Å². The van der Waals surface area contributed by atoms with Gasteiger partial charge in [0.2, 0.25) is 0 Å². The van der Waals surface area contributed by atoms with Crippen LogP contribution in [-0.4, -0.2) is 5.60 Å². The van der Waals surface area contributed by atoms with Crippen LogP contribution in [-0.2, 0) is 4.74 Å². The molecule has 1 nitrogen and oxygen atoms in total. The minimum atomic E-state index is -0.232. The van der Waals surface area contributed by atoms with Gasteiger partial charge in [0.1, 0.15) is 0 Å². The van der Waals surface area contributed by atoms with E-state index in [9.17, 15) is 0 Å². The maximum atomic E-state index is 6.24. The second-order valence-electron chi connectivity index (χ2n) is 5.86. The van der Waals surface area contributed by atoms with Crippen molar-refractivity contribution in [3.05, 3.63) is 77.9 Å². The molecule has 0 aliphatic carbocycles. The van der Waals surface area contributed by atoms with E-state index >= 15 is 0 Å². The molecule has 0 fully saturated rings. The van der Waals surface area contributed by atoms with Gasteiger partial charge >= 0.3 is 0 Å². The molecule has 0 N–H and O–H groups in total. The highest BCUT2D eigenvalue weighted by atomic mass is 16.5. The number of ether oxygens (including phenoxy) is 1. The zero-order chi connectivity index (χ0) is 14.0. The lowest BCUT2D eigenvalue weighted by molar-refractivity contribution is -0.0476. The highest BCUT2D eigenvalue weighted by Gasteiger charge is 2.29. The molecule has 1 aliphatic heterocycles. The standard InChI is InChI=1S/C19H20O/c1-19(2)14-17(15-9-5-3-6-10-15)13-18(20-19)16-11-7-4-8-12-16/h3-12,14,18H,13H2,1-2H3. The lowest BCUT2D eigenvalue weighted by Gasteiger charge is -2.35. The van der Waals surface area contributed by atoms with Crippen molar-refractivity contribution >= 4 is 5.57 Å². The lowest BCUT2D eigenvalue weighted by atomic mass is 9.89. The van der Waals surface area contributed by atoms with Crippen molar-refractivity contribution in [2.24, 2.45) is 0 Å². The maximum Gasteiger partial charge on any atom is 0.0876 e. The molecule has 1 unspecified atom stereocenters. The molecule has 2 aromatic rings. The Bertz CT molecular complexity index is 596. The molecule has 0 saturated heterocycles. The summed E-state index contributed by atoms with van der Waals surface area (Å²) in [6.45, 7) is 4.26. The fourth-order valence-corrected chi connectivity index (χ4v) is 2.83. The molecule has 0 radical (unpaired) electrons. The van der Waals surface area contributed by atoms with Crippen LogP contribution in [0, 0.1) is 0 Å². The molecule has 1 aliphatic rings. The highest BCUT2D eigenvalue weighted by molar-refractivity contribution is 5.67. The van der Waals surface area contributed by atoms with Crippen molar-refractivity contribution < 1.29 is 4.74 Å². The third-order valence-corrected chi connectivity index (χ3v) is 3.69. The van der Waals surface area contributed by atoms with Crippen molar-refractivity contribution in [2.75, 3.05) is 0 Å². The summed E-state index contributed by atoms with van der Waals surface area (Å²) in [6, 6.07) is 21.1. The summed E-state index contributed by atoms with van der Waals surface area (Å²) < 4.78 is 6.24. The van der Waals surface area contributed by atoms with Crippen LogP contribution in [0.2, 0.25) is 0 Å². The van der Waals surface area contributed by atoms with Crippen LogP contribution in [0.5, 0.6) is 0 Å². The molecule has 1 heterocycles. The topological polar surface area (TPSA) is 9.23 Å². The van der Waals surface area contributed by atoms with Crippen LogP contribution in [0.4, 0.5) is 0 Å². The van der Waals surface area contributed by atoms with E-state index in [-0.39, 0.29) is 11.7 Å². The minimum Gasteiger partial charge on any atom is -0.363 e. The molecule has 0 amide bonds. The fourth-order valence-electron chi connectivity index (χ4n) is 2.83. The molecular weight excluding hydrogens is 244 g/mol. The third-order valence-electron chi connectivity index (χ3n) is 3.69. The molecule has 1 heteroatoms. The molecule has 0 saturated carbocycles. The van der Waals surface area contributed by atoms with Crippen LogP contribution in [0.15, 0.2) is 66.7 Å².